The molecular weight excluding hydrogens is 159 g/mol. The third-order valence-electron chi connectivity index (χ3n) is 1.60. The Labute approximate surface area is 69.6 Å². The van der Waals surface area contributed by atoms with Crippen molar-refractivity contribution in [3.63, 3.8) is 0 Å². The topological polar surface area (TPSA) is 33.4 Å². The van der Waals surface area contributed by atoms with Crippen molar-refractivity contribution in [3.05, 3.63) is 22.5 Å². The van der Waals surface area contributed by atoms with Crippen molar-refractivity contribution >= 4 is 11.9 Å². The van der Waals surface area contributed by atoms with E-state index in [9.17, 15) is 4.39 Å². The first kappa shape index (κ1) is 9.00. The summed E-state index contributed by atoms with van der Waals surface area (Å²) in [7, 11) is 0. The van der Waals surface area contributed by atoms with Crippen LogP contribution in [0.25, 0.3) is 11.9 Å². The van der Waals surface area contributed by atoms with Crippen LogP contribution >= 0.6 is 0 Å². The summed E-state index contributed by atoms with van der Waals surface area (Å²) in [5, 5.41) is 9.13. The number of hydrogen-bond acceptors (Lipinski definition) is 2. The van der Waals surface area contributed by atoms with Gasteiger partial charge in [0.2, 0.25) is 0 Å². The Hall–Kier alpha value is -1.09. The van der Waals surface area contributed by atoms with Crippen molar-refractivity contribution in [3.8, 4) is 0 Å². The van der Waals surface area contributed by atoms with E-state index in [2.05, 4.69) is 0 Å². The molecule has 0 unspecified atom stereocenters. The van der Waals surface area contributed by atoms with E-state index in [-0.39, 0.29) is 12.4 Å². The fourth-order valence-electron chi connectivity index (χ4n) is 1.02. The van der Waals surface area contributed by atoms with Crippen molar-refractivity contribution in [2.45, 2.75) is 20.5 Å². The number of hydrogen-bond donors (Lipinski definition) is 1. The van der Waals surface area contributed by atoms with Crippen LogP contribution in [-0.4, -0.2) is 5.11 Å². The second-order valence-corrected chi connectivity index (χ2v) is 2.47. The van der Waals surface area contributed by atoms with Gasteiger partial charge in [-0.15, -0.1) is 0 Å². The Bertz CT molecular complexity index is 372. The van der Waals surface area contributed by atoms with Crippen molar-refractivity contribution in [2.24, 2.45) is 0 Å². The first-order valence-corrected chi connectivity index (χ1v) is 3.71. The second-order valence-electron chi connectivity index (χ2n) is 2.47. The molecule has 3 heteroatoms. The summed E-state index contributed by atoms with van der Waals surface area (Å²) in [6, 6.07) is 1.50. The average Bonchev–Trinajstić information content (AvgIpc) is 2.47. The van der Waals surface area contributed by atoms with Crippen LogP contribution in [0.1, 0.15) is 19.6 Å². The Morgan fingerprint density at radius 1 is 1.75 bits per heavy atom. The SMILES string of the molecule is CC=c1oc(CO)cc1=C(C)F. The molecule has 0 saturated heterocycles. The normalized spacial score (nSPS) is 15.2. The Morgan fingerprint density at radius 2 is 2.42 bits per heavy atom. The third-order valence-corrected chi connectivity index (χ3v) is 1.60. The third kappa shape index (κ3) is 1.56. The maximum Gasteiger partial charge on any atom is 0.132 e. The van der Waals surface area contributed by atoms with E-state index in [1.54, 1.807) is 13.0 Å². The molecule has 1 N–H and O–H groups in total. The number of aliphatic hydroxyl groups excluding tert-OH is 1. The maximum atomic E-state index is 12.8. The van der Waals surface area contributed by atoms with Crippen molar-refractivity contribution in [1.29, 1.82) is 0 Å². The first-order valence-electron chi connectivity index (χ1n) is 3.71. The summed E-state index contributed by atoms with van der Waals surface area (Å²) >= 11 is 0. The molecule has 1 aromatic rings. The lowest BCUT2D eigenvalue weighted by molar-refractivity contribution is 0.244. The molecule has 1 rings (SSSR count). The monoisotopic (exact) mass is 170 g/mol. The Kier molecular flexibility index (Phi) is 2.65. The molecular formula is C9H11FO2. The van der Waals surface area contributed by atoms with Crippen LogP contribution in [0.15, 0.2) is 10.5 Å². The van der Waals surface area contributed by atoms with E-state index in [1.807, 2.05) is 0 Å². The number of halogens is 1. The van der Waals surface area contributed by atoms with Crippen molar-refractivity contribution < 1.29 is 13.9 Å². The van der Waals surface area contributed by atoms with Gasteiger partial charge in [-0.05, 0) is 26.0 Å². The highest BCUT2D eigenvalue weighted by Crippen LogP contribution is 1.94. The molecule has 0 bridgehead atoms. The Morgan fingerprint density at radius 3 is 2.75 bits per heavy atom. The fourth-order valence-corrected chi connectivity index (χ4v) is 1.02. The molecule has 1 aromatic heterocycles. The largest absolute Gasteiger partial charge is 0.459 e. The minimum Gasteiger partial charge on any atom is -0.459 e. The van der Waals surface area contributed by atoms with Gasteiger partial charge in [0.1, 0.15) is 23.6 Å². The zero-order chi connectivity index (χ0) is 9.14. The van der Waals surface area contributed by atoms with Gasteiger partial charge in [0.25, 0.3) is 0 Å². The highest BCUT2D eigenvalue weighted by Gasteiger charge is 1.99. The summed E-state index contributed by atoms with van der Waals surface area (Å²) < 4.78 is 17.9. The number of furan rings is 1. The van der Waals surface area contributed by atoms with Crippen LogP contribution < -0.4 is 10.6 Å². The molecule has 66 valence electrons. The maximum absolute atomic E-state index is 12.8. The highest BCUT2D eigenvalue weighted by molar-refractivity contribution is 5.34. The van der Waals surface area contributed by atoms with Crippen molar-refractivity contribution in [2.75, 3.05) is 0 Å². The zero-order valence-electron chi connectivity index (χ0n) is 7.10. The van der Waals surface area contributed by atoms with E-state index in [1.165, 1.54) is 13.0 Å². The lowest BCUT2D eigenvalue weighted by atomic mass is 10.3. The summed E-state index contributed by atoms with van der Waals surface area (Å²) in [6.07, 6.45) is 1.66. The molecule has 0 radical (unpaired) electrons. The highest BCUT2D eigenvalue weighted by atomic mass is 19.1. The molecule has 0 aromatic carbocycles. The fraction of sp³-hybridized carbons (Fsp3) is 0.333. The van der Waals surface area contributed by atoms with Gasteiger partial charge in [0.05, 0.1) is 5.22 Å². The molecule has 0 aliphatic heterocycles. The molecule has 0 aliphatic carbocycles. The zero-order valence-corrected chi connectivity index (χ0v) is 7.10. The van der Waals surface area contributed by atoms with Crippen LogP contribution in [0, 0.1) is 0 Å². The number of aliphatic hydroxyl groups is 1. The van der Waals surface area contributed by atoms with Crippen LogP contribution in [0.3, 0.4) is 0 Å². The van der Waals surface area contributed by atoms with Gasteiger partial charge in [-0.2, -0.15) is 0 Å². The van der Waals surface area contributed by atoms with Gasteiger partial charge in [0, 0.05) is 0 Å². The lowest BCUT2D eigenvalue weighted by Crippen LogP contribution is -2.19. The van der Waals surface area contributed by atoms with E-state index >= 15 is 0 Å². The van der Waals surface area contributed by atoms with E-state index < -0.39 is 0 Å². The van der Waals surface area contributed by atoms with E-state index in [0.29, 0.717) is 16.4 Å². The average molecular weight is 170 g/mol. The van der Waals surface area contributed by atoms with Gasteiger partial charge in [-0.1, -0.05) is 0 Å². The minimum atomic E-state index is -0.299. The molecule has 0 aliphatic rings. The molecule has 0 spiro atoms. The summed E-state index contributed by atoms with van der Waals surface area (Å²) in [4.78, 5) is 0. The first-order chi connectivity index (χ1) is 5.69. The quantitative estimate of drug-likeness (QED) is 0.672. The van der Waals surface area contributed by atoms with Gasteiger partial charge < -0.3 is 9.52 Å². The lowest BCUT2D eigenvalue weighted by Gasteiger charge is -1.81. The summed E-state index contributed by atoms with van der Waals surface area (Å²) in [6.45, 7) is 2.92. The standard InChI is InChI=1S/C9H11FO2/c1-3-9-8(6(2)10)4-7(5-11)12-9/h3-4,11H,5H2,1-2H3. The molecule has 2 nitrogen and oxygen atoms in total. The van der Waals surface area contributed by atoms with Gasteiger partial charge >= 0.3 is 0 Å². The van der Waals surface area contributed by atoms with Crippen LogP contribution in [0.5, 0.6) is 0 Å². The second kappa shape index (κ2) is 3.54. The summed E-state index contributed by atoms with van der Waals surface area (Å²) in [5.41, 5.74) is 0.471. The predicted molar refractivity (Wildman–Crippen MR) is 44.2 cm³/mol. The predicted octanol–water partition coefficient (Wildman–Crippen LogP) is 0.670. The molecule has 0 saturated carbocycles. The molecule has 0 amide bonds. The van der Waals surface area contributed by atoms with Crippen LogP contribution in [-0.2, 0) is 6.61 Å². The smallest absolute Gasteiger partial charge is 0.132 e. The van der Waals surface area contributed by atoms with Crippen LogP contribution in [0.4, 0.5) is 4.39 Å². The van der Waals surface area contributed by atoms with Crippen molar-refractivity contribution in [1.82, 2.24) is 0 Å². The van der Waals surface area contributed by atoms with Gasteiger partial charge in [-0.25, -0.2) is 4.39 Å². The number of rotatable bonds is 1. The molecule has 0 fully saturated rings. The molecule has 1 heterocycles. The molecule has 0 atom stereocenters. The Balaban J connectivity index is 3.50. The van der Waals surface area contributed by atoms with E-state index in [4.69, 9.17) is 9.52 Å². The van der Waals surface area contributed by atoms with Gasteiger partial charge in [-0.3, -0.25) is 0 Å². The van der Waals surface area contributed by atoms with Crippen LogP contribution in [0.2, 0.25) is 0 Å². The summed E-state index contributed by atoms with van der Waals surface area (Å²) in [5.74, 6) is 0.0849. The van der Waals surface area contributed by atoms with Gasteiger partial charge in [0.15, 0.2) is 0 Å². The minimum absolute atomic E-state index is 0.200. The molecule has 12 heavy (non-hydrogen) atoms. The van der Waals surface area contributed by atoms with E-state index in [0.717, 1.165) is 0 Å².